The van der Waals surface area contributed by atoms with Gasteiger partial charge in [0.15, 0.2) is 0 Å². The van der Waals surface area contributed by atoms with Crippen LogP contribution in [-0.2, 0) is 18.1 Å². The molecule has 4 heterocycles. The first-order chi connectivity index (χ1) is 16.0. The molecule has 0 unspecified atom stereocenters. The Bertz CT molecular complexity index is 1440. The highest BCUT2D eigenvalue weighted by molar-refractivity contribution is 7.98. The van der Waals surface area contributed by atoms with Crippen molar-refractivity contribution in [1.82, 2.24) is 19.3 Å². The number of pyridine rings is 2. The smallest absolute Gasteiger partial charge is 0.262 e. The summed E-state index contributed by atoms with van der Waals surface area (Å²) in [5.74, 6) is 2.40. The van der Waals surface area contributed by atoms with E-state index in [4.69, 9.17) is 9.84 Å². The molecule has 0 radical (unpaired) electrons. The molecular weight excluding hydrogens is 438 g/mol. The number of thioether (sulfide) groups is 1. The monoisotopic (exact) mass is 461 g/mol. The van der Waals surface area contributed by atoms with Crippen LogP contribution in [0.4, 0.5) is 5.82 Å². The number of benzene rings is 1. The second-order valence-electron chi connectivity index (χ2n) is 7.81. The fourth-order valence-corrected chi connectivity index (χ4v) is 5.02. The van der Waals surface area contributed by atoms with E-state index >= 15 is 0 Å². The molecule has 4 aromatic rings. The van der Waals surface area contributed by atoms with Gasteiger partial charge in [-0.25, -0.2) is 9.67 Å². The summed E-state index contributed by atoms with van der Waals surface area (Å²) in [4.78, 5) is 31.1. The van der Waals surface area contributed by atoms with Crippen molar-refractivity contribution in [3.05, 3.63) is 75.3 Å². The standard InChI is InChI=1S/C24H23N5O3S/c1-4-28-11-18(21(30)17-10-5-14(2)25-22(17)28)24(31)26-23-19-12-33-13-20(19)27-29(23)15-6-8-16(32-3)9-7-15/h5-11H,4,12-13H2,1-3H3,(H,26,31). The Labute approximate surface area is 194 Å². The second kappa shape index (κ2) is 8.40. The third kappa shape index (κ3) is 3.68. The maximum Gasteiger partial charge on any atom is 0.262 e. The quantitative estimate of drug-likeness (QED) is 0.484. The van der Waals surface area contributed by atoms with Gasteiger partial charge in [0.05, 0.1) is 23.9 Å². The SMILES string of the molecule is CCn1cc(C(=O)Nc2c3c(nn2-c2ccc(OC)cc2)CSC3)c(=O)c2ccc(C)nc21. The molecule has 1 N–H and O–H groups in total. The fraction of sp³-hybridized carbons (Fsp3) is 0.250. The Kier molecular flexibility index (Phi) is 5.41. The summed E-state index contributed by atoms with van der Waals surface area (Å²) in [6.07, 6.45) is 1.59. The molecule has 3 aromatic heterocycles. The van der Waals surface area contributed by atoms with E-state index in [0.717, 1.165) is 39.9 Å². The van der Waals surface area contributed by atoms with Crippen molar-refractivity contribution in [1.29, 1.82) is 0 Å². The molecule has 0 bridgehead atoms. The topological polar surface area (TPSA) is 91.0 Å². The molecule has 33 heavy (non-hydrogen) atoms. The predicted octanol–water partition coefficient (Wildman–Crippen LogP) is 3.92. The van der Waals surface area contributed by atoms with Gasteiger partial charge in [0.2, 0.25) is 5.43 Å². The molecule has 0 saturated carbocycles. The Balaban J connectivity index is 1.58. The highest BCUT2D eigenvalue weighted by Crippen LogP contribution is 2.36. The van der Waals surface area contributed by atoms with Crippen molar-refractivity contribution in [2.24, 2.45) is 0 Å². The molecule has 1 aliphatic heterocycles. The third-order valence-electron chi connectivity index (χ3n) is 5.75. The maximum atomic E-state index is 13.4. The van der Waals surface area contributed by atoms with Gasteiger partial charge in [-0.2, -0.15) is 16.9 Å². The molecule has 1 amide bonds. The van der Waals surface area contributed by atoms with Gasteiger partial charge in [0.25, 0.3) is 5.91 Å². The number of fused-ring (bicyclic) bond motifs is 2. The first kappa shape index (κ1) is 21.3. The molecule has 0 aliphatic carbocycles. The lowest BCUT2D eigenvalue weighted by Gasteiger charge is -2.13. The van der Waals surface area contributed by atoms with Crippen molar-refractivity contribution in [3.8, 4) is 11.4 Å². The lowest BCUT2D eigenvalue weighted by molar-refractivity contribution is 0.102. The number of aromatic nitrogens is 4. The van der Waals surface area contributed by atoms with Crippen LogP contribution in [0.2, 0.25) is 0 Å². The minimum absolute atomic E-state index is 0.0804. The Morgan fingerprint density at radius 2 is 1.97 bits per heavy atom. The molecule has 8 nitrogen and oxygen atoms in total. The summed E-state index contributed by atoms with van der Waals surface area (Å²) in [6.45, 7) is 4.42. The number of rotatable bonds is 5. The van der Waals surface area contributed by atoms with Crippen LogP contribution in [0.1, 0.15) is 34.2 Å². The molecule has 1 aromatic carbocycles. The summed E-state index contributed by atoms with van der Waals surface area (Å²) < 4.78 is 8.81. The molecule has 168 valence electrons. The number of carbonyl (C=O) groups is 1. The molecule has 0 spiro atoms. The molecular formula is C24H23N5O3S. The minimum atomic E-state index is -0.459. The van der Waals surface area contributed by atoms with E-state index in [9.17, 15) is 9.59 Å². The van der Waals surface area contributed by atoms with Crippen molar-refractivity contribution >= 4 is 34.5 Å². The van der Waals surface area contributed by atoms with Gasteiger partial charge in [-0.1, -0.05) is 0 Å². The van der Waals surface area contributed by atoms with E-state index in [1.54, 1.807) is 41.9 Å². The number of anilines is 1. The number of aryl methyl sites for hydroxylation is 2. The van der Waals surface area contributed by atoms with Crippen molar-refractivity contribution in [2.75, 3.05) is 12.4 Å². The number of nitrogens with zero attached hydrogens (tertiary/aromatic N) is 4. The van der Waals surface area contributed by atoms with Gasteiger partial charge in [0, 0.05) is 35.5 Å². The Morgan fingerprint density at radius 1 is 1.18 bits per heavy atom. The van der Waals surface area contributed by atoms with E-state index in [-0.39, 0.29) is 11.0 Å². The maximum absolute atomic E-state index is 13.4. The average molecular weight is 462 g/mol. The van der Waals surface area contributed by atoms with E-state index in [2.05, 4.69) is 10.3 Å². The summed E-state index contributed by atoms with van der Waals surface area (Å²) in [5.41, 5.74) is 3.87. The fourth-order valence-electron chi connectivity index (χ4n) is 3.99. The molecule has 1 aliphatic rings. The number of methoxy groups -OCH3 is 1. The zero-order valence-electron chi connectivity index (χ0n) is 18.6. The highest BCUT2D eigenvalue weighted by Gasteiger charge is 2.26. The molecule has 0 saturated heterocycles. The van der Waals surface area contributed by atoms with Gasteiger partial charge < -0.3 is 14.6 Å². The lowest BCUT2D eigenvalue weighted by Crippen LogP contribution is -2.25. The molecule has 9 heteroatoms. The van der Waals surface area contributed by atoms with Crippen LogP contribution in [0, 0.1) is 6.92 Å². The first-order valence-corrected chi connectivity index (χ1v) is 11.8. The van der Waals surface area contributed by atoms with E-state index in [0.29, 0.717) is 23.4 Å². The number of nitrogens with one attached hydrogen (secondary N) is 1. The lowest BCUT2D eigenvalue weighted by atomic mass is 10.1. The van der Waals surface area contributed by atoms with Gasteiger partial charge in [-0.3, -0.25) is 9.59 Å². The van der Waals surface area contributed by atoms with E-state index < -0.39 is 5.91 Å². The zero-order valence-corrected chi connectivity index (χ0v) is 19.4. The number of ether oxygens (including phenoxy) is 1. The third-order valence-corrected chi connectivity index (χ3v) is 6.72. The van der Waals surface area contributed by atoms with Gasteiger partial charge >= 0.3 is 0 Å². The predicted molar refractivity (Wildman–Crippen MR) is 129 cm³/mol. The molecule has 0 atom stereocenters. The van der Waals surface area contributed by atoms with Crippen LogP contribution >= 0.6 is 11.8 Å². The Hall–Kier alpha value is -3.59. The van der Waals surface area contributed by atoms with Gasteiger partial charge in [-0.15, -0.1) is 0 Å². The van der Waals surface area contributed by atoms with Crippen molar-refractivity contribution < 1.29 is 9.53 Å². The van der Waals surface area contributed by atoms with E-state index in [1.807, 2.05) is 42.7 Å². The second-order valence-corrected chi connectivity index (χ2v) is 8.80. The van der Waals surface area contributed by atoms with Crippen LogP contribution in [0.5, 0.6) is 5.75 Å². The number of carbonyl (C=O) groups excluding carboxylic acids is 1. The summed E-state index contributed by atoms with van der Waals surface area (Å²) >= 11 is 1.75. The minimum Gasteiger partial charge on any atom is -0.497 e. The van der Waals surface area contributed by atoms with Crippen LogP contribution in [0.15, 0.2) is 47.4 Å². The molecule has 0 fully saturated rings. The van der Waals surface area contributed by atoms with Gasteiger partial charge in [0.1, 0.15) is 22.8 Å². The average Bonchev–Trinajstić information content (AvgIpc) is 3.42. The largest absolute Gasteiger partial charge is 0.497 e. The first-order valence-electron chi connectivity index (χ1n) is 10.6. The highest BCUT2D eigenvalue weighted by atomic mass is 32.2. The van der Waals surface area contributed by atoms with Gasteiger partial charge in [-0.05, 0) is 50.2 Å². The normalized spacial score (nSPS) is 12.7. The number of amides is 1. The van der Waals surface area contributed by atoms with E-state index in [1.165, 1.54) is 0 Å². The van der Waals surface area contributed by atoms with Crippen molar-refractivity contribution in [3.63, 3.8) is 0 Å². The summed E-state index contributed by atoms with van der Waals surface area (Å²) in [5, 5.41) is 8.14. The Morgan fingerprint density at radius 3 is 2.70 bits per heavy atom. The number of hydrogen-bond donors (Lipinski definition) is 1. The molecule has 5 rings (SSSR count). The van der Waals surface area contributed by atoms with Crippen molar-refractivity contribution in [2.45, 2.75) is 31.9 Å². The number of hydrogen-bond acceptors (Lipinski definition) is 6. The summed E-state index contributed by atoms with van der Waals surface area (Å²) in [6, 6.07) is 11.0. The zero-order chi connectivity index (χ0) is 23.1. The summed E-state index contributed by atoms with van der Waals surface area (Å²) in [7, 11) is 1.61. The van der Waals surface area contributed by atoms with Crippen LogP contribution < -0.4 is 15.5 Å². The van der Waals surface area contributed by atoms with Crippen LogP contribution in [0.3, 0.4) is 0 Å². The van der Waals surface area contributed by atoms with Crippen LogP contribution in [-0.4, -0.2) is 32.3 Å². The van der Waals surface area contributed by atoms with Crippen LogP contribution in [0.25, 0.3) is 16.7 Å².